The Morgan fingerprint density at radius 3 is 2.27 bits per heavy atom. The van der Waals surface area contributed by atoms with Crippen LogP contribution >= 0.6 is 39.1 Å². The van der Waals surface area contributed by atoms with Gasteiger partial charge in [-0.2, -0.15) is 0 Å². The molecule has 0 bridgehead atoms. The fourth-order valence-corrected chi connectivity index (χ4v) is 4.13. The summed E-state index contributed by atoms with van der Waals surface area (Å²) in [6.07, 6.45) is 0.163. The molecule has 4 nitrogen and oxygen atoms in total. The molecule has 154 valence electrons. The van der Waals surface area contributed by atoms with E-state index < -0.39 is 12.0 Å². The number of carboxylic acid groups (broad SMARTS) is 1. The van der Waals surface area contributed by atoms with E-state index in [9.17, 15) is 14.7 Å². The third-order valence-electron chi connectivity index (χ3n) is 4.55. The van der Waals surface area contributed by atoms with Crippen LogP contribution in [0.4, 0.5) is 5.69 Å². The van der Waals surface area contributed by atoms with Crippen LogP contribution in [0.15, 0.2) is 77.3 Å². The highest BCUT2D eigenvalue weighted by molar-refractivity contribution is 9.10. The quantitative estimate of drug-likeness (QED) is 0.425. The zero-order valence-corrected chi connectivity index (χ0v) is 18.9. The van der Waals surface area contributed by atoms with E-state index in [1.54, 1.807) is 12.1 Å². The van der Waals surface area contributed by atoms with Gasteiger partial charge in [-0.05, 0) is 41.5 Å². The standard InChI is InChI=1S/C23H18BrCl2NO3/c24-17-8-4-7-16(11-17)13-22(28)27(20-10-9-18(25)14-19(20)26)21(23(29)30)12-15-5-2-1-3-6-15/h1-11,14,21H,12-13H2,(H,29,30)/t21-/m0/s1. The minimum Gasteiger partial charge on any atom is -0.480 e. The third kappa shape index (κ3) is 5.63. The van der Waals surface area contributed by atoms with Crippen LogP contribution in [0.1, 0.15) is 11.1 Å². The maximum absolute atomic E-state index is 13.4. The van der Waals surface area contributed by atoms with Gasteiger partial charge >= 0.3 is 5.97 Å². The van der Waals surface area contributed by atoms with Crippen molar-refractivity contribution < 1.29 is 14.7 Å². The van der Waals surface area contributed by atoms with Gasteiger partial charge in [0.2, 0.25) is 5.91 Å². The molecule has 0 saturated heterocycles. The Kier molecular flexibility index (Phi) is 7.53. The highest BCUT2D eigenvalue weighted by atomic mass is 79.9. The predicted molar refractivity (Wildman–Crippen MR) is 123 cm³/mol. The summed E-state index contributed by atoms with van der Waals surface area (Å²) in [4.78, 5) is 26.8. The Bertz CT molecular complexity index is 1060. The summed E-state index contributed by atoms with van der Waals surface area (Å²) in [7, 11) is 0. The zero-order valence-electron chi connectivity index (χ0n) is 15.8. The minimum absolute atomic E-state index is 0.0248. The highest BCUT2D eigenvalue weighted by Crippen LogP contribution is 2.32. The van der Waals surface area contributed by atoms with Crippen molar-refractivity contribution in [3.05, 3.63) is 98.4 Å². The van der Waals surface area contributed by atoms with Gasteiger partial charge in [0.25, 0.3) is 0 Å². The number of carbonyl (C=O) groups is 2. The second-order valence-electron chi connectivity index (χ2n) is 6.71. The minimum atomic E-state index is -1.13. The molecule has 3 aromatic carbocycles. The SMILES string of the molecule is O=C(O)[C@H](Cc1ccccc1)N(C(=O)Cc1cccc(Br)c1)c1ccc(Cl)cc1Cl. The first-order valence-corrected chi connectivity index (χ1v) is 10.7. The van der Waals surface area contributed by atoms with E-state index in [2.05, 4.69) is 15.9 Å². The second kappa shape index (κ2) is 10.1. The third-order valence-corrected chi connectivity index (χ3v) is 5.58. The molecule has 1 atom stereocenters. The Labute approximate surface area is 193 Å². The number of aliphatic carboxylic acids is 1. The number of rotatable bonds is 7. The first kappa shape index (κ1) is 22.3. The average Bonchev–Trinajstić information content (AvgIpc) is 2.69. The maximum Gasteiger partial charge on any atom is 0.327 e. The Balaban J connectivity index is 2.02. The lowest BCUT2D eigenvalue weighted by Crippen LogP contribution is -2.47. The molecule has 0 saturated carbocycles. The molecule has 1 N–H and O–H groups in total. The summed E-state index contributed by atoms with van der Waals surface area (Å²) in [6.45, 7) is 0. The second-order valence-corrected chi connectivity index (χ2v) is 8.47. The Morgan fingerprint density at radius 1 is 0.933 bits per heavy atom. The van der Waals surface area contributed by atoms with Crippen LogP contribution < -0.4 is 4.90 Å². The molecule has 3 rings (SSSR count). The average molecular weight is 507 g/mol. The number of hydrogen-bond acceptors (Lipinski definition) is 2. The zero-order chi connectivity index (χ0) is 21.7. The molecule has 3 aromatic rings. The number of nitrogens with zero attached hydrogens (tertiary/aromatic N) is 1. The monoisotopic (exact) mass is 505 g/mol. The summed E-state index contributed by atoms with van der Waals surface area (Å²) < 4.78 is 0.836. The summed E-state index contributed by atoms with van der Waals surface area (Å²) in [5, 5.41) is 10.6. The molecule has 0 radical (unpaired) electrons. The van der Waals surface area contributed by atoms with Gasteiger partial charge in [-0.3, -0.25) is 9.69 Å². The number of benzene rings is 3. The smallest absolute Gasteiger partial charge is 0.327 e. The molecule has 0 aliphatic rings. The molecule has 0 unspecified atom stereocenters. The summed E-state index contributed by atoms with van der Waals surface area (Å²) in [5.74, 6) is -1.49. The molecule has 0 spiro atoms. The van der Waals surface area contributed by atoms with Gasteiger partial charge in [-0.1, -0.05) is 81.6 Å². The topological polar surface area (TPSA) is 57.6 Å². The number of hydrogen-bond donors (Lipinski definition) is 1. The molecule has 7 heteroatoms. The van der Waals surface area contributed by atoms with Crippen molar-refractivity contribution in [1.29, 1.82) is 0 Å². The predicted octanol–water partition coefficient (Wildman–Crippen LogP) is 6.03. The molecule has 0 aromatic heterocycles. The number of anilines is 1. The van der Waals surface area contributed by atoms with Gasteiger partial charge in [0.1, 0.15) is 6.04 Å². The van der Waals surface area contributed by atoms with Crippen molar-refractivity contribution in [2.75, 3.05) is 4.90 Å². The Hall–Kier alpha value is -2.34. The van der Waals surface area contributed by atoms with Crippen LogP contribution in [0.5, 0.6) is 0 Å². The van der Waals surface area contributed by atoms with Gasteiger partial charge in [0.15, 0.2) is 0 Å². The van der Waals surface area contributed by atoms with Crippen LogP contribution in [-0.4, -0.2) is 23.0 Å². The van der Waals surface area contributed by atoms with Crippen molar-refractivity contribution in [3.63, 3.8) is 0 Å². The van der Waals surface area contributed by atoms with E-state index in [-0.39, 0.29) is 23.8 Å². The van der Waals surface area contributed by atoms with Crippen molar-refractivity contribution in [2.24, 2.45) is 0 Å². The molecule has 1 amide bonds. The molecule has 30 heavy (non-hydrogen) atoms. The molecule has 0 aliphatic heterocycles. The van der Waals surface area contributed by atoms with E-state index >= 15 is 0 Å². The number of amides is 1. The number of carbonyl (C=O) groups excluding carboxylic acids is 1. The van der Waals surface area contributed by atoms with Crippen LogP contribution in [0.25, 0.3) is 0 Å². The van der Waals surface area contributed by atoms with Crippen LogP contribution in [0.2, 0.25) is 10.0 Å². The lowest BCUT2D eigenvalue weighted by atomic mass is 10.0. The highest BCUT2D eigenvalue weighted by Gasteiger charge is 2.32. The molecule has 0 heterocycles. The molecule has 0 fully saturated rings. The van der Waals surface area contributed by atoms with Crippen molar-refractivity contribution in [3.8, 4) is 0 Å². The number of carboxylic acids is 1. The number of halogens is 3. The normalized spacial score (nSPS) is 11.7. The largest absolute Gasteiger partial charge is 0.480 e. The van der Waals surface area contributed by atoms with Gasteiger partial charge < -0.3 is 5.11 Å². The molecule has 0 aliphatic carbocycles. The van der Waals surface area contributed by atoms with Crippen LogP contribution in [-0.2, 0) is 22.4 Å². The van der Waals surface area contributed by atoms with Gasteiger partial charge in [0, 0.05) is 15.9 Å². The van der Waals surface area contributed by atoms with E-state index in [0.717, 1.165) is 15.6 Å². The molecular formula is C23H18BrCl2NO3. The van der Waals surface area contributed by atoms with Crippen molar-refractivity contribution >= 4 is 56.7 Å². The fraction of sp³-hybridized carbons (Fsp3) is 0.130. The van der Waals surface area contributed by atoms with Gasteiger partial charge in [0.05, 0.1) is 17.1 Å². The maximum atomic E-state index is 13.4. The van der Waals surface area contributed by atoms with Crippen molar-refractivity contribution in [2.45, 2.75) is 18.9 Å². The van der Waals surface area contributed by atoms with Gasteiger partial charge in [-0.25, -0.2) is 4.79 Å². The van der Waals surface area contributed by atoms with Crippen LogP contribution in [0.3, 0.4) is 0 Å². The lowest BCUT2D eigenvalue weighted by molar-refractivity contribution is -0.140. The van der Waals surface area contributed by atoms with E-state index in [1.807, 2.05) is 54.6 Å². The van der Waals surface area contributed by atoms with Crippen molar-refractivity contribution in [1.82, 2.24) is 0 Å². The summed E-state index contributed by atoms with van der Waals surface area (Å²) in [5.41, 5.74) is 1.87. The lowest BCUT2D eigenvalue weighted by Gasteiger charge is -2.30. The first-order chi connectivity index (χ1) is 14.3. The Morgan fingerprint density at radius 2 is 1.63 bits per heavy atom. The van der Waals surface area contributed by atoms with E-state index in [0.29, 0.717) is 10.7 Å². The summed E-state index contributed by atoms with van der Waals surface area (Å²) in [6, 6.07) is 20.0. The summed E-state index contributed by atoms with van der Waals surface area (Å²) >= 11 is 15.8. The molecular weight excluding hydrogens is 489 g/mol. The van der Waals surface area contributed by atoms with E-state index in [4.69, 9.17) is 23.2 Å². The fourth-order valence-electron chi connectivity index (χ4n) is 3.19. The van der Waals surface area contributed by atoms with Gasteiger partial charge in [-0.15, -0.1) is 0 Å². The van der Waals surface area contributed by atoms with E-state index in [1.165, 1.54) is 11.0 Å². The van der Waals surface area contributed by atoms with Crippen LogP contribution in [0, 0.1) is 0 Å². The first-order valence-electron chi connectivity index (χ1n) is 9.13.